The molecule has 68 valence electrons. The molecule has 0 aliphatic heterocycles. The van der Waals surface area contributed by atoms with Crippen molar-refractivity contribution in [2.24, 2.45) is 5.92 Å². The minimum atomic E-state index is -0.509. The molecule has 0 saturated carbocycles. The molecule has 1 aliphatic rings. The van der Waals surface area contributed by atoms with Crippen LogP contribution < -0.4 is 5.32 Å². The number of hydrogen-bond acceptors (Lipinski definition) is 2. The lowest BCUT2D eigenvalue weighted by molar-refractivity contribution is 0.165. The van der Waals surface area contributed by atoms with Gasteiger partial charge in [-0.1, -0.05) is 23.8 Å². The number of rotatable bonds is 3. The Hall–Kier alpha value is -0.310. The summed E-state index contributed by atoms with van der Waals surface area (Å²) in [6, 6.07) is 0. The van der Waals surface area contributed by atoms with E-state index >= 15 is 0 Å². The monoisotopic (exact) mass is 187 g/mol. The van der Waals surface area contributed by atoms with Crippen LogP contribution in [-0.2, 0) is 0 Å². The molecule has 3 heteroatoms. The van der Waals surface area contributed by atoms with Gasteiger partial charge in [-0.05, 0) is 26.1 Å². The van der Waals surface area contributed by atoms with Gasteiger partial charge in [0.15, 0.2) is 0 Å². The topological polar surface area (TPSA) is 32.3 Å². The van der Waals surface area contributed by atoms with Gasteiger partial charge in [-0.2, -0.15) is 0 Å². The fourth-order valence-corrected chi connectivity index (χ4v) is 1.50. The zero-order chi connectivity index (χ0) is 8.97. The summed E-state index contributed by atoms with van der Waals surface area (Å²) in [5.41, 5.74) is 0. The molecule has 2 nitrogen and oxygen atoms in total. The number of aliphatic hydroxyl groups is 1. The molecule has 0 aromatic rings. The van der Waals surface area contributed by atoms with E-state index in [2.05, 4.69) is 5.32 Å². The van der Waals surface area contributed by atoms with Crippen molar-refractivity contribution in [1.82, 2.24) is 5.32 Å². The molecule has 0 amide bonds. The number of halogens is 1. The quantitative estimate of drug-likeness (QED) is 0.698. The molecule has 0 heterocycles. The smallest absolute Gasteiger partial charge is 0.0958 e. The fourth-order valence-electron chi connectivity index (χ4n) is 1.26. The van der Waals surface area contributed by atoms with E-state index in [0.29, 0.717) is 5.03 Å². The Morgan fingerprint density at radius 2 is 2.42 bits per heavy atom. The minimum absolute atomic E-state index is 0.162. The Morgan fingerprint density at radius 1 is 1.67 bits per heavy atom. The van der Waals surface area contributed by atoms with E-state index in [1.54, 1.807) is 6.08 Å². The first-order chi connectivity index (χ1) is 5.75. The van der Waals surface area contributed by atoms with E-state index in [0.717, 1.165) is 13.0 Å². The van der Waals surface area contributed by atoms with Crippen molar-refractivity contribution in [1.29, 1.82) is 0 Å². The van der Waals surface area contributed by atoms with Crippen LogP contribution >= 0.6 is 11.6 Å². The summed E-state index contributed by atoms with van der Waals surface area (Å²) < 4.78 is 0. The number of allylic oxidation sites excluding steroid dienone is 2. The van der Waals surface area contributed by atoms with Crippen molar-refractivity contribution in [2.45, 2.75) is 12.5 Å². The summed E-state index contributed by atoms with van der Waals surface area (Å²) in [5.74, 6) is 0.162. The largest absolute Gasteiger partial charge is 0.387 e. The lowest BCUT2D eigenvalue weighted by atomic mass is 9.94. The summed E-state index contributed by atoms with van der Waals surface area (Å²) >= 11 is 5.78. The maximum Gasteiger partial charge on any atom is 0.0958 e. The normalized spacial score (nSPS) is 28.8. The molecule has 0 aromatic heterocycles. The molecular formula is C9H14ClNO. The molecule has 1 rings (SSSR count). The van der Waals surface area contributed by atoms with Crippen LogP contribution in [0.25, 0.3) is 0 Å². The molecule has 12 heavy (non-hydrogen) atoms. The van der Waals surface area contributed by atoms with Crippen molar-refractivity contribution in [3.05, 3.63) is 23.3 Å². The summed E-state index contributed by atoms with van der Waals surface area (Å²) in [5, 5.41) is 13.2. The van der Waals surface area contributed by atoms with E-state index < -0.39 is 6.10 Å². The first-order valence-corrected chi connectivity index (χ1v) is 4.50. The zero-order valence-corrected chi connectivity index (χ0v) is 7.88. The number of hydrogen-bond donors (Lipinski definition) is 2. The van der Waals surface area contributed by atoms with Crippen LogP contribution in [0.5, 0.6) is 0 Å². The van der Waals surface area contributed by atoms with Crippen molar-refractivity contribution in [3.63, 3.8) is 0 Å². The number of aliphatic hydroxyl groups excluding tert-OH is 1. The van der Waals surface area contributed by atoms with Gasteiger partial charge < -0.3 is 10.4 Å². The number of nitrogens with one attached hydrogen (secondary N) is 1. The Balaban J connectivity index is 2.46. The molecular weight excluding hydrogens is 174 g/mol. The Labute approximate surface area is 77.9 Å². The zero-order valence-electron chi connectivity index (χ0n) is 7.13. The summed E-state index contributed by atoms with van der Waals surface area (Å²) in [4.78, 5) is 0. The van der Waals surface area contributed by atoms with E-state index in [9.17, 15) is 5.11 Å². The average molecular weight is 188 g/mol. The Morgan fingerprint density at radius 3 is 3.08 bits per heavy atom. The van der Waals surface area contributed by atoms with Gasteiger partial charge in [0.1, 0.15) is 0 Å². The molecule has 2 atom stereocenters. The SMILES string of the molecule is CNCCC1C=CC=C(Cl)C1O. The Bertz CT molecular complexity index is 201. The molecule has 1 aliphatic carbocycles. The first-order valence-electron chi connectivity index (χ1n) is 4.12. The second kappa shape index (κ2) is 4.65. The predicted octanol–water partition coefficient (Wildman–Crippen LogP) is 1.27. The van der Waals surface area contributed by atoms with Crippen LogP contribution in [0.2, 0.25) is 0 Å². The highest BCUT2D eigenvalue weighted by Crippen LogP contribution is 2.24. The van der Waals surface area contributed by atoms with E-state index in [1.807, 2.05) is 19.2 Å². The summed E-state index contributed by atoms with van der Waals surface area (Å²) in [7, 11) is 1.90. The maximum atomic E-state index is 9.58. The average Bonchev–Trinajstić information content (AvgIpc) is 2.08. The molecule has 0 aromatic carbocycles. The highest BCUT2D eigenvalue weighted by Gasteiger charge is 2.20. The Kier molecular flexibility index (Phi) is 3.79. The van der Waals surface area contributed by atoms with Crippen molar-refractivity contribution in [2.75, 3.05) is 13.6 Å². The van der Waals surface area contributed by atoms with Gasteiger partial charge in [0.2, 0.25) is 0 Å². The van der Waals surface area contributed by atoms with Gasteiger partial charge in [0.05, 0.1) is 6.10 Å². The van der Waals surface area contributed by atoms with Crippen LogP contribution in [-0.4, -0.2) is 24.8 Å². The van der Waals surface area contributed by atoms with E-state index in [-0.39, 0.29) is 5.92 Å². The first kappa shape index (κ1) is 9.78. The summed E-state index contributed by atoms with van der Waals surface area (Å²) in [6.07, 6.45) is 6.04. The molecule has 2 unspecified atom stereocenters. The van der Waals surface area contributed by atoms with Crippen LogP contribution in [0.1, 0.15) is 6.42 Å². The molecule has 0 radical (unpaired) electrons. The van der Waals surface area contributed by atoms with Gasteiger partial charge in [0, 0.05) is 11.0 Å². The van der Waals surface area contributed by atoms with Gasteiger partial charge >= 0.3 is 0 Å². The van der Waals surface area contributed by atoms with Crippen molar-refractivity contribution < 1.29 is 5.11 Å². The maximum absolute atomic E-state index is 9.58. The van der Waals surface area contributed by atoms with Crippen LogP contribution in [0.4, 0.5) is 0 Å². The van der Waals surface area contributed by atoms with Crippen molar-refractivity contribution >= 4 is 11.6 Å². The van der Waals surface area contributed by atoms with Gasteiger partial charge in [-0.3, -0.25) is 0 Å². The predicted molar refractivity (Wildman–Crippen MR) is 51.1 cm³/mol. The fraction of sp³-hybridized carbons (Fsp3) is 0.556. The van der Waals surface area contributed by atoms with Gasteiger partial charge in [-0.25, -0.2) is 0 Å². The van der Waals surface area contributed by atoms with Crippen LogP contribution in [0.15, 0.2) is 23.3 Å². The van der Waals surface area contributed by atoms with Gasteiger partial charge in [0.25, 0.3) is 0 Å². The third-order valence-electron chi connectivity index (χ3n) is 2.03. The molecule has 0 fully saturated rings. The third kappa shape index (κ3) is 2.34. The second-order valence-electron chi connectivity index (χ2n) is 2.94. The van der Waals surface area contributed by atoms with Crippen LogP contribution in [0, 0.1) is 5.92 Å². The second-order valence-corrected chi connectivity index (χ2v) is 3.37. The molecule has 0 spiro atoms. The third-order valence-corrected chi connectivity index (χ3v) is 2.38. The molecule has 2 N–H and O–H groups in total. The van der Waals surface area contributed by atoms with Gasteiger partial charge in [-0.15, -0.1) is 0 Å². The molecule has 0 saturated heterocycles. The highest BCUT2D eigenvalue weighted by atomic mass is 35.5. The molecule has 0 bridgehead atoms. The van der Waals surface area contributed by atoms with Crippen LogP contribution in [0.3, 0.4) is 0 Å². The van der Waals surface area contributed by atoms with Crippen molar-refractivity contribution in [3.8, 4) is 0 Å². The van der Waals surface area contributed by atoms with E-state index in [4.69, 9.17) is 11.6 Å². The minimum Gasteiger partial charge on any atom is -0.387 e. The van der Waals surface area contributed by atoms with E-state index in [1.165, 1.54) is 0 Å². The highest BCUT2D eigenvalue weighted by molar-refractivity contribution is 6.30. The lowest BCUT2D eigenvalue weighted by Gasteiger charge is -2.21. The summed E-state index contributed by atoms with van der Waals surface area (Å²) in [6.45, 7) is 0.899. The lowest BCUT2D eigenvalue weighted by Crippen LogP contribution is -2.24. The standard InChI is InChI=1S/C9H14ClNO/c1-11-6-5-7-3-2-4-8(10)9(7)12/h2-4,7,9,11-12H,5-6H2,1H3.